The molecular weight excluding hydrogens is 418 g/mol. The van der Waals surface area contributed by atoms with E-state index in [1.54, 1.807) is 6.92 Å². The van der Waals surface area contributed by atoms with E-state index in [-0.39, 0.29) is 25.5 Å². The SMILES string of the molecule is C[C@@H](OC(=O)Cc1ccc(-c2ccccc2)cc1)[C@@H]1CN(C(=O)OCc2ccccc2)C1=O. The Labute approximate surface area is 192 Å². The molecule has 2 amide bonds. The van der Waals surface area contributed by atoms with E-state index < -0.39 is 24.1 Å². The lowest BCUT2D eigenvalue weighted by atomic mass is 9.94. The van der Waals surface area contributed by atoms with Crippen molar-refractivity contribution in [3.05, 3.63) is 96.1 Å². The largest absolute Gasteiger partial charge is 0.461 e. The topological polar surface area (TPSA) is 72.9 Å². The van der Waals surface area contributed by atoms with Gasteiger partial charge in [0.1, 0.15) is 12.7 Å². The summed E-state index contributed by atoms with van der Waals surface area (Å²) in [6.07, 6.45) is -1.19. The minimum atomic E-state index is -0.683. The van der Waals surface area contributed by atoms with Gasteiger partial charge >= 0.3 is 12.1 Å². The minimum absolute atomic E-state index is 0.0989. The van der Waals surface area contributed by atoms with Crippen LogP contribution in [-0.2, 0) is 32.1 Å². The van der Waals surface area contributed by atoms with Gasteiger partial charge in [-0.15, -0.1) is 0 Å². The molecule has 0 unspecified atom stereocenters. The molecule has 0 N–H and O–H groups in total. The molecule has 0 aromatic heterocycles. The standard InChI is InChI=1S/C27H25NO5/c1-19(24-17-28(26(24)30)27(31)32-18-21-8-4-2-5-9-21)33-25(29)16-20-12-14-23(15-13-20)22-10-6-3-7-11-22/h2-15,19,24H,16-18H2,1H3/t19-,24+/m1/s1. The van der Waals surface area contributed by atoms with Crippen molar-refractivity contribution in [2.45, 2.75) is 26.1 Å². The Morgan fingerprint density at radius 3 is 2.12 bits per heavy atom. The maximum atomic E-state index is 12.4. The first-order chi connectivity index (χ1) is 16.0. The second kappa shape index (κ2) is 10.1. The molecule has 0 radical (unpaired) electrons. The number of carbonyl (C=O) groups is 3. The summed E-state index contributed by atoms with van der Waals surface area (Å²) in [7, 11) is 0. The summed E-state index contributed by atoms with van der Waals surface area (Å²) < 4.78 is 10.7. The van der Waals surface area contributed by atoms with Crippen LogP contribution in [0.15, 0.2) is 84.9 Å². The Balaban J connectivity index is 1.23. The molecule has 3 aromatic carbocycles. The van der Waals surface area contributed by atoms with Crippen molar-refractivity contribution in [2.75, 3.05) is 6.54 Å². The molecule has 168 valence electrons. The zero-order chi connectivity index (χ0) is 23.2. The Morgan fingerprint density at radius 2 is 1.48 bits per heavy atom. The predicted octanol–water partition coefficient (Wildman–Crippen LogP) is 4.62. The van der Waals surface area contributed by atoms with Gasteiger partial charge in [-0.25, -0.2) is 9.69 Å². The van der Waals surface area contributed by atoms with Crippen LogP contribution in [0.25, 0.3) is 11.1 Å². The molecule has 1 fully saturated rings. The van der Waals surface area contributed by atoms with E-state index in [1.807, 2.05) is 84.9 Å². The van der Waals surface area contributed by atoms with Gasteiger partial charge in [0, 0.05) is 6.54 Å². The van der Waals surface area contributed by atoms with Crippen LogP contribution in [0.1, 0.15) is 18.1 Å². The summed E-state index contributed by atoms with van der Waals surface area (Å²) in [5, 5.41) is 0. The smallest absolute Gasteiger partial charge is 0.416 e. The second-order valence-corrected chi connectivity index (χ2v) is 8.03. The minimum Gasteiger partial charge on any atom is -0.461 e. The van der Waals surface area contributed by atoms with Crippen LogP contribution in [0.5, 0.6) is 0 Å². The quantitative estimate of drug-likeness (QED) is 0.393. The Bertz CT molecular complexity index is 1110. The third-order valence-corrected chi connectivity index (χ3v) is 5.68. The van der Waals surface area contributed by atoms with Gasteiger partial charge in [0.2, 0.25) is 5.91 Å². The number of β-lactam (4-membered cyclic amide) rings is 1. The summed E-state index contributed by atoms with van der Waals surface area (Å²) in [4.78, 5) is 38.0. The van der Waals surface area contributed by atoms with E-state index in [9.17, 15) is 14.4 Å². The van der Waals surface area contributed by atoms with Crippen molar-refractivity contribution in [3.63, 3.8) is 0 Å². The molecule has 1 aliphatic rings. The molecule has 33 heavy (non-hydrogen) atoms. The highest BCUT2D eigenvalue weighted by Crippen LogP contribution is 2.25. The van der Waals surface area contributed by atoms with E-state index >= 15 is 0 Å². The highest BCUT2D eigenvalue weighted by molar-refractivity contribution is 5.98. The van der Waals surface area contributed by atoms with E-state index in [0.717, 1.165) is 27.2 Å². The molecule has 0 spiro atoms. The highest BCUT2D eigenvalue weighted by Gasteiger charge is 2.46. The fourth-order valence-corrected chi connectivity index (χ4v) is 3.71. The number of ether oxygens (including phenoxy) is 2. The van der Waals surface area contributed by atoms with E-state index in [1.165, 1.54) is 0 Å². The second-order valence-electron chi connectivity index (χ2n) is 8.03. The molecule has 1 saturated heterocycles. The van der Waals surface area contributed by atoms with Crippen molar-refractivity contribution in [1.29, 1.82) is 0 Å². The van der Waals surface area contributed by atoms with Crippen LogP contribution in [-0.4, -0.2) is 35.5 Å². The average molecular weight is 443 g/mol. The van der Waals surface area contributed by atoms with Gasteiger partial charge in [-0.3, -0.25) is 9.59 Å². The lowest BCUT2D eigenvalue weighted by Gasteiger charge is -2.38. The third kappa shape index (κ3) is 5.47. The summed E-state index contributed by atoms with van der Waals surface area (Å²) in [6, 6.07) is 27.0. The molecule has 0 bridgehead atoms. The fraction of sp³-hybridized carbons (Fsp3) is 0.222. The summed E-state index contributed by atoms with van der Waals surface area (Å²) in [6.45, 7) is 1.94. The van der Waals surface area contributed by atoms with Crippen LogP contribution in [0, 0.1) is 5.92 Å². The summed E-state index contributed by atoms with van der Waals surface area (Å²) >= 11 is 0. The van der Waals surface area contributed by atoms with Gasteiger partial charge in [0.05, 0.1) is 12.3 Å². The number of likely N-dealkylation sites (tertiary alicyclic amines) is 1. The van der Waals surface area contributed by atoms with Crippen molar-refractivity contribution < 1.29 is 23.9 Å². The number of amides is 2. The molecule has 3 aromatic rings. The van der Waals surface area contributed by atoms with Gasteiger partial charge < -0.3 is 9.47 Å². The third-order valence-electron chi connectivity index (χ3n) is 5.68. The zero-order valence-electron chi connectivity index (χ0n) is 18.3. The Kier molecular flexibility index (Phi) is 6.83. The first kappa shape index (κ1) is 22.3. The molecule has 1 heterocycles. The number of hydrogen-bond acceptors (Lipinski definition) is 5. The summed E-state index contributed by atoms with van der Waals surface area (Å²) in [5.41, 5.74) is 3.85. The van der Waals surface area contributed by atoms with Gasteiger partial charge in [0.25, 0.3) is 0 Å². The zero-order valence-corrected chi connectivity index (χ0v) is 18.3. The molecule has 1 aliphatic heterocycles. The van der Waals surface area contributed by atoms with Crippen LogP contribution in [0.3, 0.4) is 0 Å². The fourth-order valence-electron chi connectivity index (χ4n) is 3.71. The normalized spacial score (nSPS) is 16.0. The van der Waals surface area contributed by atoms with Gasteiger partial charge in [0.15, 0.2) is 0 Å². The van der Waals surface area contributed by atoms with E-state index in [0.29, 0.717) is 0 Å². The summed E-state index contributed by atoms with van der Waals surface area (Å²) in [5.74, 6) is -1.34. The first-order valence-electron chi connectivity index (χ1n) is 10.9. The lowest BCUT2D eigenvalue weighted by Crippen LogP contribution is -2.59. The number of esters is 1. The van der Waals surface area contributed by atoms with Crippen LogP contribution in [0.4, 0.5) is 4.79 Å². The van der Waals surface area contributed by atoms with E-state index in [2.05, 4.69) is 0 Å². The number of benzene rings is 3. The number of hydrogen-bond donors (Lipinski definition) is 0. The van der Waals surface area contributed by atoms with E-state index in [4.69, 9.17) is 9.47 Å². The molecule has 6 heteroatoms. The van der Waals surface area contributed by atoms with Crippen molar-refractivity contribution in [1.82, 2.24) is 4.90 Å². The van der Waals surface area contributed by atoms with Gasteiger partial charge in [-0.2, -0.15) is 0 Å². The number of imide groups is 1. The Hall–Kier alpha value is -3.93. The van der Waals surface area contributed by atoms with Gasteiger partial charge in [-0.05, 0) is 29.2 Å². The first-order valence-corrected chi connectivity index (χ1v) is 10.9. The van der Waals surface area contributed by atoms with Crippen molar-refractivity contribution in [2.24, 2.45) is 5.92 Å². The maximum Gasteiger partial charge on any atom is 0.416 e. The lowest BCUT2D eigenvalue weighted by molar-refractivity contribution is -0.162. The number of nitrogens with zero attached hydrogens (tertiary/aromatic N) is 1. The van der Waals surface area contributed by atoms with Crippen molar-refractivity contribution in [3.8, 4) is 11.1 Å². The molecule has 0 saturated carbocycles. The van der Waals surface area contributed by atoms with Crippen LogP contribution >= 0.6 is 0 Å². The van der Waals surface area contributed by atoms with Crippen LogP contribution < -0.4 is 0 Å². The molecular formula is C27H25NO5. The molecule has 2 atom stereocenters. The molecule has 4 rings (SSSR count). The maximum absolute atomic E-state index is 12.4. The van der Waals surface area contributed by atoms with Crippen LogP contribution in [0.2, 0.25) is 0 Å². The molecule has 6 nitrogen and oxygen atoms in total. The predicted molar refractivity (Wildman–Crippen MR) is 123 cm³/mol. The Morgan fingerprint density at radius 1 is 0.879 bits per heavy atom. The molecule has 0 aliphatic carbocycles. The van der Waals surface area contributed by atoms with Gasteiger partial charge in [-0.1, -0.05) is 84.9 Å². The number of carbonyl (C=O) groups excluding carboxylic acids is 3. The van der Waals surface area contributed by atoms with Crippen molar-refractivity contribution >= 4 is 18.0 Å². The average Bonchev–Trinajstić information content (AvgIpc) is 2.83. The monoisotopic (exact) mass is 443 g/mol. The number of rotatable bonds is 7. The highest BCUT2D eigenvalue weighted by atomic mass is 16.6.